The molecule has 0 aliphatic rings. The van der Waals surface area contributed by atoms with Gasteiger partial charge >= 0.3 is 0 Å². The van der Waals surface area contributed by atoms with Crippen LogP contribution in [0.2, 0.25) is 0 Å². The van der Waals surface area contributed by atoms with E-state index < -0.39 is 0 Å². The van der Waals surface area contributed by atoms with Gasteiger partial charge in [0.15, 0.2) is 0 Å². The average molecular weight is 378 g/mol. The lowest BCUT2D eigenvalue weighted by Gasteiger charge is -2.18. The smallest absolute Gasteiger partial charge is 0.119 e. The van der Waals surface area contributed by atoms with Crippen LogP contribution in [-0.2, 0) is 15.9 Å². The summed E-state index contributed by atoms with van der Waals surface area (Å²) in [6.45, 7) is 10.1. The highest BCUT2D eigenvalue weighted by atomic mass is 16.6. The van der Waals surface area contributed by atoms with Crippen LogP contribution in [0.5, 0.6) is 5.75 Å². The molecule has 1 aromatic rings. The van der Waals surface area contributed by atoms with Crippen LogP contribution >= 0.6 is 0 Å². The first-order chi connectivity index (χ1) is 13.2. The highest BCUT2D eigenvalue weighted by Gasteiger charge is 2.08. The molecule has 0 fully saturated rings. The van der Waals surface area contributed by atoms with Crippen LogP contribution in [0.1, 0.15) is 78.2 Å². The topological polar surface area (TPSA) is 27.7 Å². The average Bonchev–Trinajstić information content (AvgIpc) is 2.69. The van der Waals surface area contributed by atoms with Crippen molar-refractivity contribution in [3.05, 3.63) is 36.2 Å². The summed E-state index contributed by atoms with van der Waals surface area (Å²) >= 11 is 0. The minimum absolute atomic E-state index is 0.0500. The van der Waals surface area contributed by atoms with Crippen LogP contribution in [0.25, 0.3) is 0 Å². The van der Waals surface area contributed by atoms with Crippen LogP contribution in [0.4, 0.5) is 0 Å². The molecule has 0 aliphatic carbocycles. The Morgan fingerprint density at radius 1 is 0.815 bits per heavy atom. The highest BCUT2D eigenvalue weighted by Crippen LogP contribution is 2.16. The van der Waals surface area contributed by atoms with Crippen molar-refractivity contribution in [3.8, 4) is 5.75 Å². The molecule has 2 unspecified atom stereocenters. The highest BCUT2D eigenvalue weighted by molar-refractivity contribution is 5.27. The lowest BCUT2D eigenvalue weighted by Crippen LogP contribution is -2.24. The third kappa shape index (κ3) is 12.9. The van der Waals surface area contributed by atoms with E-state index in [9.17, 15) is 0 Å². The van der Waals surface area contributed by atoms with E-state index in [4.69, 9.17) is 14.2 Å². The second-order valence-corrected chi connectivity index (χ2v) is 7.52. The fourth-order valence-electron chi connectivity index (χ4n) is 2.91. The third-order valence-electron chi connectivity index (χ3n) is 4.64. The molecule has 155 valence electrons. The van der Waals surface area contributed by atoms with Gasteiger partial charge in [-0.15, -0.1) is 0 Å². The number of hydrogen-bond acceptors (Lipinski definition) is 3. The molecule has 1 aromatic carbocycles. The zero-order valence-electron chi connectivity index (χ0n) is 18.0. The molecule has 0 spiro atoms. The van der Waals surface area contributed by atoms with Crippen molar-refractivity contribution in [1.29, 1.82) is 0 Å². The molecule has 0 N–H and O–H groups in total. The van der Waals surface area contributed by atoms with Crippen LogP contribution in [0.3, 0.4) is 0 Å². The van der Waals surface area contributed by atoms with Gasteiger partial charge in [0.05, 0.1) is 18.8 Å². The van der Waals surface area contributed by atoms with E-state index in [0.717, 1.165) is 5.75 Å². The van der Waals surface area contributed by atoms with Gasteiger partial charge < -0.3 is 14.2 Å². The molecule has 3 nitrogen and oxygen atoms in total. The molecule has 0 bridgehead atoms. The molecule has 27 heavy (non-hydrogen) atoms. The summed E-state index contributed by atoms with van der Waals surface area (Å²) in [5.41, 5.74) is 1.40. The minimum Gasteiger partial charge on any atom is -0.491 e. The monoisotopic (exact) mass is 377 g/mol. The minimum atomic E-state index is 0.0500. The Hall–Kier alpha value is -1.06. The van der Waals surface area contributed by atoms with Gasteiger partial charge in [-0.1, -0.05) is 64.5 Å². The molecule has 2 atom stereocenters. The van der Waals surface area contributed by atoms with E-state index in [1.807, 2.05) is 27.2 Å². The Balaban J connectivity index is 2.13. The maximum atomic E-state index is 5.84. The van der Waals surface area contributed by atoms with Gasteiger partial charge in [-0.25, -0.2) is 0 Å². The van der Waals surface area contributed by atoms with Gasteiger partial charge in [-0.2, -0.15) is 0 Å². The van der Waals surface area contributed by atoms with Crippen molar-refractivity contribution in [1.82, 2.24) is 0 Å². The molecular weight excluding hydrogens is 336 g/mol. The summed E-state index contributed by atoms with van der Waals surface area (Å²) in [6, 6.07) is 8.53. The van der Waals surface area contributed by atoms with Crippen molar-refractivity contribution in [2.75, 3.05) is 19.8 Å². The first-order valence-electron chi connectivity index (χ1n) is 10.9. The number of unbranched alkanes of at least 4 members (excludes halogenated alkanes) is 6. The first-order valence-corrected chi connectivity index (χ1v) is 10.9. The first kappa shape index (κ1) is 24.0. The van der Waals surface area contributed by atoms with Gasteiger partial charge in [0, 0.05) is 6.61 Å². The molecule has 0 heterocycles. The quantitative estimate of drug-likeness (QED) is 0.294. The van der Waals surface area contributed by atoms with Crippen LogP contribution in [-0.4, -0.2) is 32.0 Å². The van der Waals surface area contributed by atoms with E-state index >= 15 is 0 Å². The Labute approximate surface area is 167 Å². The molecular formula is C24H41O3. The van der Waals surface area contributed by atoms with E-state index in [0.29, 0.717) is 19.8 Å². The summed E-state index contributed by atoms with van der Waals surface area (Å²) in [4.78, 5) is 0. The summed E-state index contributed by atoms with van der Waals surface area (Å²) in [6.07, 6.45) is 12.8. The van der Waals surface area contributed by atoms with Crippen LogP contribution in [0, 0.1) is 6.42 Å². The second kappa shape index (κ2) is 15.9. The molecule has 0 amide bonds. The molecule has 3 heteroatoms. The molecule has 0 aromatic heterocycles. The summed E-state index contributed by atoms with van der Waals surface area (Å²) in [5.74, 6) is 0.915. The van der Waals surface area contributed by atoms with E-state index in [-0.39, 0.29) is 12.2 Å². The van der Waals surface area contributed by atoms with Gasteiger partial charge in [0.25, 0.3) is 0 Å². The standard InChI is InChI=1S/C24H41O3/c1-5-7-8-9-10-11-12-13-23-14-16-24(17-15-23)27-20-22(4)26-19-21(3)25-18-6-2/h6,14-17,21-22H,5,7-13,18-20H2,1-4H3. The zero-order valence-corrected chi connectivity index (χ0v) is 18.0. The third-order valence-corrected chi connectivity index (χ3v) is 4.64. The predicted molar refractivity (Wildman–Crippen MR) is 114 cm³/mol. The number of aryl methyl sites for hydroxylation is 1. The number of benzene rings is 1. The number of rotatable bonds is 17. The Morgan fingerprint density at radius 3 is 2.11 bits per heavy atom. The molecule has 0 saturated heterocycles. The van der Waals surface area contributed by atoms with E-state index in [1.54, 1.807) is 0 Å². The van der Waals surface area contributed by atoms with E-state index in [2.05, 4.69) is 31.2 Å². The SMILES string of the molecule is C[CH]COC(C)COC(C)COc1ccc(CCCCCCCCC)cc1. The van der Waals surface area contributed by atoms with Crippen molar-refractivity contribution in [2.24, 2.45) is 0 Å². The molecule has 0 aliphatic heterocycles. The zero-order chi connectivity index (χ0) is 19.7. The van der Waals surface area contributed by atoms with Crippen molar-refractivity contribution in [2.45, 2.75) is 91.3 Å². The van der Waals surface area contributed by atoms with Crippen molar-refractivity contribution in [3.63, 3.8) is 0 Å². The van der Waals surface area contributed by atoms with Crippen molar-refractivity contribution >= 4 is 0 Å². The van der Waals surface area contributed by atoms with Crippen LogP contribution < -0.4 is 4.74 Å². The van der Waals surface area contributed by atoms with Crippen LogP contribution in [0.15, 0.2) is 24.3 Å². The maximum Gasteiger partial charge on any atom is 0.119 e. The van der Waals surface area contributed by atoms with Gasteiger partial charge in [0.2, 0.25) is 0 Å². The predicted octanol–water partition coefficient (Wildman–Crippen LogP) is 6.39. The van der Waals surface area contributed by atoms with Crippen molar-refractivity contribution < 1.29 is 14.2 Å². The maximum absolute atomic E-state index is 5.84. The van der Waals surface area contributed by atoms with Gasteiger partial charge in [-0.3, -0.25) is 0 Å². The molecule has 1 radical (unpaired) electrons. The fraction of sp³-hybridized carbons (Fsp3) is 0.708. The summed E-state index contributed by atoms with van der Waals surface area (Å²) < 4.78 is 17.2. The molecule has 1 rings (SSSR count). The lowest BCUT2D eigenvalue weighted by atomic mass is 10.0. The summed E-state index contributed by atoms with van der Waals surface area (Å²) in [5, 5.41) is 0. The van der Waals surface area contributed by atoms with Gasteiger partial charge in [-0.05, 0) is 50.8 Å². The normalized spacial score (nSPS) is 13.5. The second-order valence-electron chi connectivity index (χ2n) is 7.52. The molecule has 0 saturated carbocycles. The number of hydrogen-bond donors (Lipinski definition) is 0. The number of ether oxygens (including phenoxy) is 3. The Kier molecular flexibility index (Phi) is 14.2. The Morgan fingerprint density at radius 2 is 1.44 bits per heavy atom. The van der Waals surface area contributed by atoms with Gasteiger partial charge in [0.1, 0.15) is 12.4 Å². The summed E-state index contributed by atoms with van der Waals surface area (Å²) in [7, 11) is 0. The largest absolute Gasteiger partial charge is 0.491 e. The van der Waals surface area contributed by atoms with E-state index in [1.165, 1.54) is 56.9 Å². The fourth-order valence-corrected chi connectivity index (χ4v) is 2.91. The lowest BCUT2D eigenvalue weighted by molar-refractivity contribution is -0.0375. The Bertz CT molecular complexity index is 443.